The molecule has 1 heterocycles. The summed E-state index contributed by atoms with van der Waals surface area (Å²) in [5.41, 5.74) is 3.11. The molecule has 0 atom stereocenters. The van der Waals surface area contributed by atoms with Crippen molar-refractivity contribution in [1.82, 2.24) is 0 Å². The van der Waals surface area contributed by atoms with Crippen LogP contribution < -0.4 is 9.64 Å². The lowest BCUT2D eigenvalue weighted by Gasteiger charge is -2.32. The summed E-state index contributed by atoms with van der Waals surface area (Å²) < 4.78 is 33.5. The van der Waals surface area contributed by atoms with Gasteiger partial charge >= 0.3 is 0 Å². The number of para-hydroxylation sites is 3. The summed E-state index contributed by atoms with van der Waals surface area (Å²) in [4.78, 5) is 5.65. The van der Waals surface area contributed by atoms with E-state index < -0.39 is 20.7 Å². The Hall–Kier alpha value is -4.00. The fourth-order valence-corrected chi connectivity index (χ4v) is 8.99. The number of benzene rings is 5. The van der Waals surface area contributed by atoms with Gasteiger partial charge < -0.3 is 9.64 Å². The molecule has 0 radical (unpaired) electrons. The van der Waals surface area contributed by atoms with E-state index in [1.807, 2.05) is 54.6 Å². The highest BCUT2D eigenvalue weighted by molar-refractivity contribution is 7.98. The third-order valence-corrected chi connectivity index (χ3v) is 10.7. The van der Waals surface area contributed by atoms with Gasteiger partial charge in [0.1, 0.15) is 32.9 Å². The molecule has 0 saturated carbocycles. The molecule has 4 nitrogen and oxygen atoms in total. The first kappa shape index (κ1) is 23.4. The van der Waals surface area contributed by atoms with E-state index in [0.717, 1.165) is 31.7 Å². The predicted molar refractivity (Wildman–Crippen MR) is 148 cm³/mol. The highest BCUT2D eigenvalue weighted by Gasteiger charge is 2.44. The summed E-state index contributed by atoms with van der Waals surface area (Å²) in [6.07, 6.45) is 0. The molecule has 0 saturated heterocycles. The number of anilines is 3. The van der Waals surface area contributed by atoms with E-state index in [1.54, 1.807) is 43.5 Å². The van der Waals surface area contributed by atoms with E-state index in [9.17, 15) is 8.42 Å². The summed E-state index contributed by atoms with van der Waals surface area (Å²) in [6, 6.07) is 40.6. The van der Waals surface area contributed by atoms with E-state index in [1.165, 1.54) is 0 Å². The Labute approximate surface area is 220 Å². The van der Waals surface area contributed by atoms with Gasteiger partial charge in [-0.25, -0.2) is 8.42 Å². The molecule has 1 aliphatic heterocycles. The second kappa shape index (κ2) is 9.47. The zero-order valence-electron chi connectivity index (χ0n) is 20.1. The van der Waals surface area contributed by atoms with Gasteiger partial charge in [-0.15, -0.1) is 0 Å². The maximum absolute atomic E-state index is 14.0. The topological polar surface area (TPSA) is 46.6 Å². The number of ether oxygens (including phenoxy) is 1. The molecule has 0 unspecified atom stereocenters. The van der Waals surface area contributed by atoms with Crippen LogP contribution in [0.2, 0.25) is 0 Å². The van der Waals surface area contributed by atoms with Gasteiger partial charge in [-0.1, -0.05) is 60.7 Å². The summed E-state index contributed by atoms with van der Waals surface area (Å²) >= 11 is 0. The molecule has 0 bridgehead atoms. The zero-order chi connectivity index (χ0) is 25.4. The number of hydrogen-bond donors (Lipinski definition) is 0. The minimum Gasteiger partial charge on any atom is -0.497 e. The van der Waals surface area contributed by atoms with E-state index >= 15 is 0 Å². The Morgan fingerprint density at radius 2 is 1.16 bits per heavy atom. The minimum absolute atomic E-state index is 0.273. The van der Waals surface area contributed by atoms with Gasteiger partial charge in [0.2, 0.25) is 9.84 Å². The van der Waals surface area contributed by atoms with Gasteiger partial charge in [0.05, 0.1) is 12.0 Å². The third-order valence-electron chi connectivity index (χ3n) is 6.38. The highest BCUT2D eigenvalue weighted by Crippen LogP contribution is 2.52. The van der Waals surface area contributed by atoms with Crippen molar-refractivity contribution in [2.45, 2.75) is 24.5 Å². The van der Waals surface area contributed by atoms with Crippen LogP contribution in [0.25, 0.3) is 0 Å². The molecular weight excluding hydrogens is 498 g/mol. The number of nitrogens with zero attached hydrogens (tertiary/aromatic N) is 1. The van der Waals surface area contributed by atoms with E-state index in [0.29, 0.717) is 10.6 Å². The van der Waals surface area contributed by atoms with Crippen LogP contribution in [0.3, 0.4) is 0 Å². The van der Waals surface area contributed by atoms with Gasteiger partial charge in [0.15, 0.2) is 14.7 Å². The highest BCUT2D eigenvalue weighted by atomic mass is 32.2. The summed E-state index contributed by atoms with van der Waals surface area (Å²) in [5.74, 6) is 0.620. The zero-order valence-corrected chi connectivity index (χ0v) is 21.7. The van der Waals surface area contributed by atoms with Crippen molar-refractivity contribution in [3.63, 3.8) is 0 Å². The second-order valence-corrected chi connectivity index (χ2v) is 12.4. The molecule has 182 valence electrons. The molecule has 0 N–H and O–H groups in total. The maximum atomic E-state index is 14.0. The molecule has 0 aromatic heterocycles. The Balaban J connectivity index is 1.65. The van der Waals surface area contributed by atoms with Crippen molar-refractivity contribution in [2.75, 3.05) is 12.0 Å². The molecule has 0 aliphatic carbocycles. The smallest absolute Gasteiger partial charge is 0.211 e. The van der Waals surface area contributed by atoms with E-state index in [-0.39, 0.29) is 4.90 Å². The van der Waals surface area contributed by atoms with E-state index in [2.05, 4.69) is 41.3 Å². The first-order valence-corrected chi connectivity index (χ1v) is 14.6. The van der Waals surface area contributed by atoms with E-state index in [4.69, 9.17) is 4.74 Å². The largest absolute Gasteiger partial charge is 0.497 e. The number of sulfone groups is 1. The lowest BCUT2D eigenvalue weighted by Crippen LogP contribution is -2.23. The number of methoxy groups -OCH3 is 1. The van der Waals surface area contributed by atoms with Crippen molar-refractivity contribution >= 4 is 37.8 Å². The second-order valence-electron chi connectivity index (χ2n) is 8.54. The fourth-order valence-electron chi connectivity index (χ4n) is 4.69. The number of fused-ring (bicyclic) bond motifs is 2. The Morgan fingerprint density at radius 1 is 0.622 bits per heavy atom. The average molecular weight is 523 g/mol. The first-order chi connectivity index (χ1) is 18.1. The number of rotatable bonds is 5. The van der Waals surface area contributed by atoms with Crippen LogP contribution in [0.4, 0.5) is 17.1 Å². The molecule has 0 amide bonds. The van der Waals surface area contributed by atoms with Crippen molar-refractivity contribution in [3.8, 4) is 5.75 Å². The number of hydrogen-bond acceptors (Lipinski definition) is 4. The van der Waals surface area contributed by atoms with Crippen molar-refractivity contribution in [2.24, 2.45) is 0 Å². The van der Waals surface area contributed by atoms with Gasteiger partial charge in [0.25, 0.3) is 0 Å². The Morgan fingerprint density at radius 3 is 1.76 bits per heavy atom. The standard InChI is InChI=1S/C31H24NO3S2/c1-35-24-20-21-31(37(33,34)25-14-6-3-7-15-25)30(22-24)36-28-18-10-8-16-26(28)32(23-12-4-2-5-13-23)27-17-9-11-19-29(27)36/h2-22H,1H3/q+1. The lowest BCUT2D eigenvalue weighted by atomic mass is 10.2. The van der Waals surface area contributed by atoms with Gasteiger partial charge in [-0.2, -0.15) is 0 Å². The molecule has 5 aromatic rings. The molecule has 0 spiro atoms. The van der Waals surface area contributed by atoms with Gasteiger partial charge in [-0.05, 0) is 60.7 Å². The fraction of sp³-hybridized carbons (Fsp3) is 0.0323. The Kier molecular flexibility index (Phi) is 5.99. The molecule has 1 aliphatic rings. The predicted octanol–water partition coefficient (Wildman–Crippen LogP) is 7.41. The van der Waals surface area contributed by atoms with Crippen LogP contribution in [-0.2, 0) is 20.7 Å². The van der Waals surface area contributed by atoms with Crippen LogP contribution in [0.15, 0.2) is 152 Å². The first-order valence-electron chi connectivity index (χ1n) is 11.9. The van der Waals surface area contributed by atoms with Crippen LogP contribution in [0, 0.1) is 0 Å². The van der Waals surface area contributed by atoms with Crippen molar-refractivity contribution in [3.05, 3.63) is 127 Å². The summed E-state index contributed by atoms with van der Waals surface area (Å²) in [7, 11) is -2.87. The van der Waals surface area contributed by atoms with Gasteiger partial charge in [0, 0.05) is 11.8 Å². The minimum atomic E-state index is -3.78. The van der Waals surface area contributed by atoms with Crippen LogP contribution in [0.1, 0.15) is 0 Å². The SMILES string of the molecule is COc1ccc(S(=O)(=O)c2ccccc2)c([S+]2c3ccccc3N(c3ccccc3)c3ccccc32)c1. The summed E-state index contributed by atoms with van der Waals surface area (Å²) in [6.45, 7) is 0. The monoisotopic (exact) mass is 522 g/mol. The summed E-state index contributed by atoms with van der Waals surface area (Å²) in [5, 5.41) is 0. The van der Waals surface area contributed by atoms with Crippen LogP contribution in [-0.4, -0.2) is 15.5 Å². The van der Waals surface area contributed by atoms with Gasteiger partial charge in [-0.3, -0.25) is 0 Å². The van der Waals surface area contributed by atoms with Crippen LogP contribution in [0.5, 0.6) is 5.75 Å². The molecule has 37 heavy (non-hydrogen) atoms. The molecule has 5 aromatic carbocycles. The van der Waals surface area contributed by atoms with Crippen molar-refractivity contribution < 1.29 is 13.2 Å². The van der Waals surface area contributed by atoms with Crippen molar-refractivity contribution in [1.29, 1.82) is 0 Å². The quantitative estimate of drug-likeness (QED) is 0.221. The molecule has 6 heteroatoms. The third kappa shape index (κ3) is 3.99. The molecule has 0 fully saturated rings. The Bertz CT molecular complexity index is 1640. The normalized spacial score (nSPS) is 13.1. The molecular formula is C31H24NO3S2+. The maximum Gasteiger partial charge on any atom is 0.211 e. The van der Waals surface area contributed by atoms with Crippen LogP contribution >= 0.6 is 0 Å². The lowest BCUT2D eigenvalue weighted by molar-refractivity contribution is 0.413. The molecule has 6 rings (SSSR count). The average Bonchev–Trinajstić information content (AvgIpc) is 2.96.